The number of hydrogen-bond acceptors (Lipinski definition) is 4. The maximum atomic E-state index is 11.8. The molecule has 1 rings (SSSR count). The Morgan fingerprint density at radius 1 is 1.43 bits per heavy atom. The zero-order valence-electron chi connectivity index (χ0n) is 9.35. The molecule has 0 radical (unpaired) electrons. The van der Waals surface area contributed by atoms with Gasteiger partial charge in [0.1, 0.15) is 5.60 Å². The molecule has 0 aromatic rings. The number of nitrogens with one attached hydrogen (secondary N) is 1. The molecule has 1 N–H and O–H groups in total. The van der Waals surface area contributed by atoms with Crippen LogP contribution in [0.2, 0.25) is 0 Å². The van der Waals surface area contributed by atoms with Gasteiger partial charge in [0.15, 0.2) is 5.60 Å². The van der Waals surface area contributed by atoms with Crippen molar-refractivity contribution < 1.29 is 14.3 Å². The Labute approximate surface area is 85.0 Å². The third kappa shape index (κ3) is 2.45. The van der Waals surface area contributed by atoms with Gasteiger partial charge in [-0.2, -0.15) is 0 Å². The predicted octanol–water partition coefficient (Wildman–Crippen LogP) is 0.707. The molecule has 0 bridgehead atoms. The average Bonchev–Trinajstić information content (AvgIpc) is 1.92. The summed E-state index contributed by atoms with van der Waals surface area (Å²) in [4.78, 5) is 11.8. The fourth-order valence-electron chi connectivity index (χ4n) is 1.30. The molecule has 82 valence electrons. The van der Waals surface area contributed by atoms with Crippen molar-refractivity contribution in [2.75, 3.05) is 19.7 Å². The van der Waals surface area contributed by atoms with E-state index in [4.69, 9.17) is 9.47 Å². The maximum absolute atomic E-state index is 11.8. The lowest BCUT2D eigenvalue weighted by Crippen LogP contribution is -2.67. The summed E-state index contributed by atoms with van der Waals surface area (Å²) in [5, 5.41) is 3.03. The lowest BCUT2D eigenvalue weighted by atomic mass is 9.96. The van der Waals surface area contributed by atoms with Crippen molar-refractivity contribution in [2.45, 2.75) is 38.9 Å². The standard InChI is InChI=1S/C10H19NO3/c1-5-13-10(6-11-7-10)8(12)14-9(2,3)4/h11H,5-7H2,1-4H3. The highest BCUT2D eigenvalue weighted by Gasteiger charge is 2.48. The van der Waals surface area contributed by atoms with Gasteiger partial charge in [-0.05, 0) is 27.7 Å². The maximum Gasteiger partial charge on any atom is 0.341 e. The first kappa shape index (κ1) is 11.5. The molecule has 0 spiro atoms. The summed E-state index contributed by atoms with van der Waals surface area (Å²) in [6, 6.07) is 0. The van der Waals surface area contributed by atoms with Crippen molar-refractivity contribution in [2.24, 2.45) is 0 Å². The third-order valence-corrected chi connectivity index (χ3v) is 2.01. The van der Waals surface area contributed by atoms with Gasteiger partial charge in [-0.25, -0.2) is 4.79 Å². The highest BCUT2D eigenvalue weighted by Crippen LogP contribution is 2.22. The number of carbonyl (C=O) groups excluding carboxylic acids is 1. The van der Waals surface area contributed by atoms with E-state index in [2.05, 4.69) is 5.32 Å². The number of hydrogen-bond donors (Lipinski definition) is 1. The second kappa shape index (κ2) is 3.87. The summed E-state index contributed by atoms with van der Waals surface area (Å²) in [6.45, 7) is 9.08. The molecule has 1 saturated heterocycles. The van der Waals surface area contributed by atoms with E-state index in [0.29, 0.717) is 19.7 Å². The number of ether oxygens (including phenoxy) is 2. The monoisotopic (exact) mass is 201 g/mol. The fraction of sp³-hybridized carbons (Fsp3) is 0.900. The van der Waals surface area contributed by atoms with Crippen molar-refractivity contribution in [1.29, 1.82) is 0 Å². The molecule has 4 heteroatoms. The Hall–Kier alpha value is -0.610. The van der Waals surface area contributed by atoms with E-state index < -0.39 is 11.2 Å². The van der Waals surface area contributed by atoms with E-state index in [-0.39, 0.29) is 5.97 Å². The van der Waals surface area contributed by atoms with Crippen molar-refractivity contribution in [1.82, 2.24) is 5.32 Å². The molecule has 1 aliphatic rings. The number of esters is 1. The second-order valence-electron chi connectivity index (χ2n) is 4.53. The third-order valence-electron chi connectivity index (χ3n) is 2.01. The van der Waals surface area contributed by atoms with Gasteiger partial charge in [-0.3, -0.25) is 0 Å². The van der Waals surface area contributed by atoms with E-state index in [1.165, 1.54) is 0 Å². The van der Waals surface area contributed by atoms with Gasteiger partial charge in [-0.1, -0.05) is 0 Å². The quantitative estimate of drug-likeness (QED) is 0.683. The predicted molar refractivity (Wildman–Crippen MR) is 53.1 cm³/mol. The molecule has 0 aromatic heterocycles. The molecule has 0 amide bonds. The SMILES string of the molecule is CCOC1(C(=O)OC(C)(C)C)CNC1. The summed E-state index contributed by atoms with van der Waals surface area (Å²) < 4.78 is 10.7. The van der Waals surface area contributed by atoms with Crippen molar-refractivity contribution in [3.63, 3.8) is 0 Å². The Bertz CT molecular complexity index is 216. The van der Waals surface area contributed by atoms with E-state index in [9.17, 15) is 4.79 Å². The van der Waals surface area contributed by atoms with Crippen LogP contribution in [0.3, 0.4) is 0 Å². The summed E-state index contributed by atoms with van der Waals surface area (Å²) >= 11 is 0. The van der Waals surface area contributed by atoms with E-state index >= 15 is 0 Å². The normalized spacial score (nSPS) is 20.0. The van der Waals surface area contributed by atoms with Crippen molar-refractivity contribution in [3.05, 3.63) is 0 Å². The van der Waals surface area contributed by atoms with E-state index in [1.54, 1.807) is 0 Å². The van der Waals surface area contributed by atoms with Crippen LogP contribution in [0, 0.1) is 0 Å². The van der Waals surface area contributed by atoms with Crippen LogP contribution >= 0.6 is 0 Å². The molecule has 1 aliphatic heterocycles. The smallest absolute Gasteiger partial charge is 0.341 e. The van der Waals surface area contributed by atoms with Crippen LogP contribution in [-0.4, -0.2) is 36.9 Å². The molecular weight excluding hydrogens is 182 g/mol. The molecule has 0 saturated carbocycles. The van der Waals surface area contributed by atoms with Gasteiger partial charge in [0.05, 0.1) is 0 Å². The molecule has 1 fully saturated rings. The Morgan fingerprint density at radius 2 is 2.00 bits per heavy atom. The summed E-state index contributed by atoms with van der Waals surface area (Å²) in [5.41, 5.74) is -1.18. The van der Waals surface area contributed by atoms with E-state index in [1.807, 2.05) is 27.7 Å². The van der Waals surface area contributed by atoms with Gasteiger partial charge in [0.25, 0.3) is 0 Å². The first-order chi connectivity index (χ1) is 6.40. The highest BCUT2D eigenvalue weighted by molar-refractivity contribution is 5.82. The minimum absolute atomic E-state index is 0.259. The molecule has 4 nitrogen and oxygen atoms in total. The number of carbonyl (C=O) groups is 1. The molecule has 14 heavy (non-hydrogen) atoms. The zero-order valence-corrected chi connectivity index (χ0v) is 9.35. The molecule has 0 unspecified atom stereocenters. The first-order valence-corrected chi connectivity index (χ1v) is 4.98. The van der Waals surface area contributed by atoms with Crippen LogP contribution in [-0.2, 0) is 14.3 Å². The largest absolute Gasteiger partial charge is 0.458 e. The van der Waals surface area contributed by atoms with Crippen molar-refractivity contribution in [3.8, 4) is 0 Å². The van der Waals surface area contributed by atoms with Crippen LogP contribution in [0.5, 0.6) is 0 Å². The van der Waals surface area contributed by atoms with Gasteiger partial charge in [0, 0.05) is 19.7 Å². The van der Waals surface area contributed by atoms with Crippen LogP contribution in [0.4, 0.5) is 0 Å². The minimum Gasteiger partial charge on any atom is -0.458 e. The zero-order chi connectivity index (χ0) is 10.8. The lowest BCUT2D eigenvalue weighted by Gasteiger charge is -2.40. The van der Waals surface area contributed by atoms with Crippen LogP contribution in [0.1, 0.15) is 27.7 Å². The topological polar surface area (TPSA) is 47.6 Å². The number of rotatable bonds is 3. The Kier molecular flexibility index (Phi) is 3.17. The minimum atomic E-state index is -0.734. The molecule has 0 aromatic carbocycles. The molecule has 1 heterocycles. The average molecular weight is 201 g/mol. The van der Waals surface area contributed by atoms with Gasteiger partial charge >= 0.3 is 5.97 Å². The van der Waals surface area contributed by atoms with E-state index in [0.717, 1.165) is 0 Å². The van der Waals surface area contributed by atoms with Gasteiger partial charge in [-0.15, -0.1) is 0 Å². The van der Waals surface area contributed by atoms with Crippen molar-refractivity contribution >= 4 is 5.97 Å². The molecular formula is C10H19NO3. The summed E-state index contributed by atoms with van der Waals surface area (Å²) in [6.07, 6.45) is 0. The first-order valence-electron chi connectivity index (χ1n) is 4.98. The second-order valence-corrected chi connectivity index (χ2v) is 4.53. The highest BCUT2D eigenvalue weighted by atomic mass is 16.6. The lowest BCUT2D eigenvalue weighted by molar-refractivity contribution is -0.190. The Morgan fingerprint density at radius 3 is 2.29 bits per heavy atom. The summed E-state index contributed by atoms with van der Waals surface area (Å²) in [7, 11) is 0. The Balaban J connectivity index is 2.57. The van der Waals surface area contributed by atoms with Gasteiger partial charge < -0.3 is 14.8 Å². The summed E-state index contributed by atoms with van der Waals surface area (Å²) in [5.74, 6) is -0.259. The van der Waals surface area contributed by atoms with Crippen LogP contribution in [0.15, 0.2) is 0 Å². The fourth-order valence-corrected chi connectivity index (χ4v) is 1.30. The van der Waals surface area contributed by atoms with Crippen LogP contribution < -0.4 is 5.32 Å². The van der Waals surface area contributed by atoms with Gasteiger partial charge in [0.2, 0.25) is 0 Å². The van der Waals surface area contributed by atoms with Crippen LogP contribution in [0.25, 0.3) is 0 Å². The molecule has 0 atom stereocenters. The molecule has 0 aliphatic carbocycles.